The summed E-state index contributed by atoms with van der Waals surface area (Å²) in [5.74, 6) is 0. The van der Waals surface area contributed by atoms with Crippen LogP contribution in [0.25, 0.3) is 0 Å². The monoisotopic (exact) mass is 182 g/mol. The van der Waals surface area contributed by atoms with Gasteiger partial charge in [0.25, 0.3) is 0 Å². The maximum absolute atomic E-state index is 11.0. The van der Waals surface area contributed by atoms with E-state index in [9.17, 15) is 4.57 Å². The van der Waals surface area contributed by atoms with Crippen molar-refractivity contribution >= 4 is 7.60 Å². The molecule has 2 N–H and O–H groups in total. The lowest BCUT2D eigenvalue weighted by Gasteiger charge is -2.28. The molecule has 0 heterocycles. The van der Waals surface area contributed by atoms with Crippen LogP contribution in [0, 0.1) is 5.41 Å². The summed E-state index contributed by atoms with van der Waals surface area (Å²) in [5.41, 5.74) is -0.937. The van der Waals surface area contributed by atoms with Crippen molar-refractivity contribution in [3.63, 3.8) is 0 Å². The van der Waals surface area contributed by atoms with Crippen molar-refractivity contribution in [3.8, 4) is 0 Å². The second-order valence-corrected chi connectivity index (χ2v) is 5.75. The first-order valence-electron chi connectivity index (χ1n) is 3.37. The minimum Gasteiger partial charge on any atom is -0.323 e. The number of hydrogen-bond acceptors (Lipinski definition) is 3. The van der Waals surface area contributed by atoms with Crippen LogP contribution in [-0.4, -0.2) is 15.8 Å². The quantitative estimate of drug-likeness (QED) is 0.390. The maximum Gasteiger partial charge on any atom is 0.358 e. The van der Waals surface area contributed by atoms with Crippen LogP contribution >= 0.6 is 7.60 Å². The zero-order valence-corrected chi connectivity index (χ0v) is 8.13. The Labute approximate surface area is 66.7 Å². The van der Waals surface area contributed by atoms with E-state index in [1.807, 2.05) is 0 Å². The van der Waals surface area contributed by atoms with Crippen LogP contribution in [0.15, 0.2) is 0 Å². The highest BCUT2D eigenvalue weighted by molar-refractivity contribution is 7.53. The van der Waals surface area contributed by atoms with Gasteiger partial charge in [0.1, 0.15) is 0 Å². The normalized spacial score (nSPS) is 20.9. The van der Waals surface area contributed by atoms with E-state index < -0.39 is 13.3 Å². The van der Waals surface area contributed by atoms with E-state index in [4.69, 9.17) is 10.2 Å². The van der Waals surface area contributed by atoms with Gasteiger partial charge in [-0.3, -0.25) is 4.57 Å². The molecule has 2 atom stereocenters. The van der Waals surface area contributed by atoms with E-state index in [0.717, 1.165) is 0 Å². The van der Waals surface area contributed by atoms with E-state index in [1.165, 1.54) is 0 Å². The van der Waals surface area contributed by atoms with Crippen molar-refractivity contribution < 1.29 is 19.4 Å². The Balaban J connectivity index is 4.49. The molecule has 0 aromatic rings. The van der Waals surface area contributed by atoms with E-state index in [2.05, 4.69) is 4.67 Å². The zero-order valence-electron chi connectivity index (χ0n) is 7.24. The Kier molecular flexibility index (Phi) is 3.27. The van der Waals surface area contributed by atoms with Gasteiger partial charge < -0.3 is 4.89 Å². The summed E-state index contributed by atoms with van der Waals surface area (Å²) >= 11 is 0. The molecule has 11 heavy (non-hydrogen) atoms. The molecule has 0 aromatic carbocycles. The van der Waals surface area contributed by atoms with Gasteiger partial charge in [-0.25, -0.2) is 5.26 Å². The molecular weight excluding hydrogens is 167 g/mol. The number of rotatable bonds is 2. The molecule has 0 bridgehead atoms. The van der Waals surface area contributed by atoms with Gasteiger partial charge in [-0.1, -0.05) is 27.7 Å². The van der Waals surface area contributed by atoms with Crippen LogP contribution in [0.2, 0.25) is 0 Å². The van der Waals surface area contributed by atoms with Crippen LogP contribution in [0.5, 0.6) is 0 Å². The first-order valence-corrected chi connectivity index (χ1v) is 5.02. The first-order chi connectivity index (χ1) is 4.72. The summed E-state index contributed by atoms with van der Waals surface area (Å²) in [6.45, 7) is 6.98. The van der Waals surface area contributed by atoms with E-state index in [1.54, 1.807) is 27.7 Å². The smallest absolute Gasteiger partial charge is 0.323 e. The molecule has 0 aliphatic heterocycles. The van der Waals surface area contributed by atoms with Gasteiger partial charge >= 0.3 is 7.60 Å². The molecule has 0 fully saturated rings. The minimum atomic E-state index is -3.83. The van der Waals surface area contributed by atoms with Gasteiger partial charge in [0, 0.05) is 0 Å². The van der Waals surface area contributed by atoms with Crippen molar-refractivity contribution in [3.05, 3.63) is 0 Å². The van der Waals surface area contributed by atoms with Gasteiger partial charge in [-0.15, -0.1) is 0 Å². The van der Waals surface area contributed by atoms with Crippen LogP contribution in [-0.2, 0) is 9.24 Å². The zero-order chi connectivity index (χ0) is 9.28. The van der Waals surface area contributed by atoms with Gasteiger partial charge in [-0.2, -0.15) is 4.67 Å². The second-order valence-electron chi connectivity index (χ2n) is 3.69. The average Bonchev–Trinajstić information content (AvgIpc) is 1.84. The van der Waals surface area contributed by atoms with Crippen molar-refractivity contribution in [1.82, 2.24) is 0 Å². The molecule has 68 valence electrons. The van der Waals surface area contributed by atoms with Crippen molar-refractivity contribution in [2.75, 3.05) is 0 Å². The third-order valence-corrected chi connectivity index (χ3v) is 3.85. The van der Waals surface area contributed by atoms with Gasteiger partial charge in [-0.05, 0) is 5.41 Å². The fraction of sp³-hybridized carbons (Fsp3) is 1.00. The van der Waals surface area contributed by atoms with E-state index in [0.29, 0.717) is 0 Å². The number of hydrogen-bond donors (Lipinski definition) is 2. The van der Waals surface area contributed by atoms with Gasteiger partial charge in [0.05, 0.1) is 5.66 Å². The first kappa shape index (κ1) is 11.1. The van der Waals surface area contributed by atoms with Crippen LogP contribution in [0.3, 0.4) is 0 Å². The third-order valence-electron chi connectivity index (χ3n) is 1.86. The molecule has 0 saturated carbocycles. The average molecular weight is 182 g/mol. The molecule has 0 saturated heterocycles. The van der Waals surface area contributed by atoms with Gasteiger partial charge in [0.15, 0.2) is 0 Å². The fourth-order valence-corrected chi connectivity index (χ4v) is 1.68. The largest absolute Gasteiger partial charge is 0.358 e. The summed E-state index contributed by atoms with van der Waals surface area (Å²) in [6.07, 6.45) is 0. The van der Waals surface area contributed by atoms with Crippen molar-refractivity contribution in [2.24, 2.45) is 5.41 Å². The molecule has 0 amide bonds. The van der Waals surface area contributed by atoms with Crippen molar-refractivity contribution in [1.29, 1.82) is 0 Å². The summed E-state index contributed by atoms with van der Waals surface area (Å²) in [7, 11) is -3.83. The topological polar surface area (TPSA) is 66.8 Å². The summed E-state index contributed by atoms with van der Waals surface area (Å²) < 4.78 is 14.5. The predicted octanol–water partition coefficient (Wildman–Crippen LogP) is 2.10. The molecule has 4 nitrogen and oxygen atoms in total. The lowest BCUT2D eigenvalue weighted by Crippen LogP contribution is -2.23. The highest BCUT2D eigenvalue weighted by Crippen LogP contribution is 2.52. The van der Waals surface area contributed by atoms with Crippen LogP contribution in [0.1, 0.15) is 27.7 Å². The lowest BCUT2D eigenvalue weighted by molar-refractivity contribution is -0.148. The Bertz CT molecular complexity index is 172. The summed E-state index contributed by atoms with van der Waals surface area (Å²) in [5, 5.41) is 8.11. The van der Waals surface area contributed by atoms with E-state index in [-0.39, 0.29) is 5.41 Å². The maximum atomic E-state index is 11.0. The molecule has 5 heteroatoms. The molecule has 0 spiro atoms. The third kappa shape index (κ3) is 2.91. The summed E-state index contributed by atoms with van der Waals surface area (Å²) in [4.78, 5) is 9.01. The molecule has 2 unspecified atom stereocenters. The predicted molar refractivity (Wildman–Crippen MR) is 42.5 cm³/mol. The van der Waals surface area contributed by atoms with Crippen LogP contribution in [0.4, 0.5) is 0 Å². The Morgan fingerprint density at radius 2 is 1.82 bits per heavy atom. The lowest BCUT2D eigenvalue weighted by atomic mass is 9.93. The summed E-state index contributed by atoms with van der Waals surface area (Å²) in [6, 6.07) is 0. The SMILES string of the molecule is CC(C(C)(C)C)P(=O)(O)OO. The molecular formula is C6H15O4P. The second kappa shape index (κ2) is 3.23. The minimum absolute atomic E-state index is 0.354. The van der Waals surface area contributed by atoms with Crippen LogP contribution < -0.4 is 0 Å². The fourth-order valence-electron chi connectivity index (χ4n) is 0.560. The highest BCUT2D eigenvalue weighted by Gasteiger charge is 2.37. The standard InChI is InChI=1S/C6H15O4P/c1-5(6(2,3)4)11(8,9)10-7/h5,7H,1-4H3,(H,8,9). The van der Waals surface area contributed by atoms with Gasteiger partial charge in [0.2, 0.25) is 0 Å². The highest BCUT2D eigenvalue weighted by atomic mass is 31.2. The molecule has 0 aliphatic rings. The Morgan fingerprint density at radius 3 is 1.91 bits per heavy atom. The van der Waals surface area contributed by atoms with Crippen molar-refractivity contribution in [2.45, 2.75) is 33.4 Å². The molecule has 0 radical (unpaired) electrons. The molecule has 0 aliphatic carbocycles. The molecule has 0 rings (SSSR count). The Morgan fingerprint density at radius 1 is 1.45 bits per heavy atom. The molecule has 0 aromatic heterocycles. The van der Waals surface area contributed by atoms with E-state index >= 15 is 0 Å². The Hall–Kier alpha value is 0.110.